The van der Waals surface area contributed by atoms with E-state index >= 15 is 0 Å². The molecule has 2 rings (SSSR count). The normalized spacial score (nSPS) is 16.8. The van der Waals surface area contributed by atoms with Crippen LogP contribution in [0.3, 0.4) is 0 Å². The molecule has 0 spiro atoms. The summed E-state index contributed by atoms with van der Waals surface area (Å²) in [5, 5.41) is 0. The second-order valence-corrected chi connectivity index (χ2v) is 6.58. The van der Waals surface area contributed by atoms with Crippen molar-refractivity contribution in [1.82, 2.24) is 4.98 Å². The maximum Gasteiger partial charge on any atom is 0.128 e. The van der Waals surface area contributed by atoms with Crippen LogP contribution in [0.2, 0.25) is 0 Å². The summed E-state index contributed by atoms with van der Waals surface area (Å²) in [5.74, 6) is 1.09. The fourth-order valence-corrected chi connectivity index (χ4v) is 2.84. The third-order valence-corrected chi connectivity index (χ3v) is 4.04. The Kier molecular flexibility index (Phi) is 4.46. The van der Waals surface area contributed by atoms with E-state index in [9.17, 15) is 0 Å². The number of pyridine rings is 1. The van der Waals surface area contributed by atoms with Gasteiger partial charge in [0.2, 0.25) is 0 Å². The first-order chi connectivity index (χ1) is 9.02. The van der Waals surface area contributed by atoms with E-state index in [0.717, 1.165) is 12.4 Å². The number of anilines is 1. The molecule has 1 aromatic heterocycles. The van der Waals surface area contributed by atoms with Crippen LogP contribution in [0, 0.1) is 0 Å². The van der Waals surface area contributed by atoms with Crippen molar-refractivity contribution >= 4 is 5.82 Å². The van der Waals surface area contributed by atoms with Crippen LogP contribution in [0.1, 0.15) is 52.0 Å². The SMILES string of the molecule is CC(C)(C)c1ccc(N(CCN)C2CCCC2)nc1. The van der Waals surface area contributed by atoms with Gasteiger partial charge in [-0.05, 0) is 29.9 Å². The van der Waals surface area contributed by atoms with Crippen molar-refractivity contribution < 1.29 is 0 Å². The summed E-state index contributed by atoms with van der Waals surface area (Å²) in [6.07, 6.45) is 7.26. The number of rotatable bonds is 4. The van der Waals surface area contributed by atoms with Crippen LogP contribution < -0.4 is 10.6 Å². The molecular weight excluding hydrogens is 234 g/mol. The van der Waals surface area contributed by atoms with Gasteiger partial charge in [0.1, 0.15) is 5.82 Å². The van der Waals surface area contributed by atoms with Gasteiger partial charge in [0.25, 0.3) is 0 Å². The molecule has 106 valence electrons. The Balaban J connectivity index is 2.17. The largest absolute Gasteiger partial charge is 0.352 e. The van der Waals surface area contributed by atoms with Gasteiger partial charge in [0.05, 0.1) is 0 Å². The molecule has 0 unspecified atom stereocenters. The monoisotopic (exact) mass is 261 g/mol. The standard InChI is InChI=1S/C16H27N3/c1-16(2,3)13-8-9-15(18-12-13)19(11-10-17)14-6-4-5-7-14/h8-9,12,14H,4-7,10-11,17H2,1-3H3. The maximum atomic E-state index is 5.76. The third-order valence-electron chi connectivity index (χ3n) is 4.04. The summed E-state index contributed by atoms with van der Waals surface area (Å²) >= 11 is 0. The average molecular weight is 261 g/mol. The predicted octanol–water partition coefficient (Wildman–Crippen LogP) is 3.09. The van der Waals surface area contributed by atoms with E-state index in [4.69, 9.17) is 5.73 Å². The van der Waals surface area contributed by atoms with Crippen LogP contribution in [-0.4, -0.2) is 24.1 Å². The first-order valence-electron chi connectivity index (χ1n) is 7.45. The quantitative estimate of drug-likeness (QED) is 0.905. The van der Waals surface area contributed by atoms with E-state index in [1.165, 1.54) is 31.2 Å². The molecule has 0 saturated heterocycles. The Morgan fingerprint density at radius 2 is 1.95 bits per heavy atom. The summed E-state index contributed by atoms with van der Waals surface area (Å²) < 4.78 is 0. The lowest BCUT2D eigenvalue weighted by Crippen LogP contribution is -2.38. The van der Waals surface area contributed by atoms with E-state index in [0.29, 0.717) is 12.6 Å². The van der Waals surface area contributed by atoms with Gasteiger partial charge in [-0.1, -0.05) is 39.7 Å². The smallest absolute Gasteiger partial charge is 0.128 e. The molecule has 1 aromatic rings. The summed E-state index contributed by atoms with van der Waals surface area (Å²) in [6.45, 7) is 8.26. The Bertz CT molecular complexity index is 385. The van der Waals surface area contributed by atoms with E-state index < -0.39 is 0 Å². The van der Waals surface area contributed by atoms with Crippen LogP contribution in [0.5, 0.6) is 0 Å². The Morgan fingerprint density at radius 3 is 2.42 bits per heavy atom. The molecule has 0 radical (unpaired) electrons. The van der Waals surface area contributed by atoms with E-state index in [1.54, 1.807) is 0 Å². The highest BCUT2D eigenvalue weighted by molar-refractivity contribution is 5.42. The average Bonchev–Trinajstić information content (AvgIpc) is 2.89. The molecule has 1 heterocycles. The molecule has 1 fully saturated rings. The highest BCUT2D eigenvalue weighted by atomic mass is 15.2. The van der Waals surface area contributed by atoms with Gasteiger partial charge in [0.15, 0.2) is 0 Å². The predicted molar refractivity (Wildman–Crippen MR) is 81.6 cm³/mol. The first-order valence-corrected chi connectivity index (χ1v) is 7.45. The second-order valence-electron chi connectivity index (χ2n) is 6.58. The molecule has 19 heavy (non-hydrogen) atoms. The zero-order valence-corrected chi connectivity index (χ0v) is 12.5. The van der Waals surface area contributed by atoms with Crippen molar-refractivity contribution in [2.45, 2.75) is 57.9 Å². The molecule has 2 N–H and O–H groups in total. The first kappa shape index (κ1) is 14.3. The number of nitrogens with two attached hydrogens (primary N) is 1. The van der Waals surface area contributed by atoms with E-state index in [-0.39, 0.29) is 5.41 Å². The lowest BCUT2D eigenvalue weighted by molar-refractivity contribution is 0.582. The van der Waals surface area contributed by atoms with Gasteiger partial charge < -0.3 is 10.6 Å². The van der Waals surface area contributed by atoms with Crippen molar-refractivity contribution in [2.24, 2.45) is 5.73 Å². The molecule has 0 aliphatic heterocycles. The molecule has 1 saturated carbocycles. The number of hydrogen-bond acceptors (Lipinski definition) is 3. The maximum absolute atomic E-state index is 5.76. The van der Waals surface area contributed by atoms with Gasteiger partial charge in [0, 0.05) is 25.3 Å². The van der Waals surface area contributed by atoms with Gasteiger partial charge in [-0.3, -0.25) is 0 Å². The van der Waals surface area contributed by atoms with Crippen molar-refractivity contribution in [3.63, 3.8) is 0 Å². The van der Waals surface area contributed by atoms with Gasteiger partial charge >= 0.3 is 0 Å². The van der Waals surface area contributed by atoms with E-state index in [2.05, 4.69) is 42.8 Å². The van der Waals surface area contributed by atoms with Gasteiger partial charge in [-0.15, -0.1) is 0 Å². The van der Waals surface area contributed by atoms with Gasteiger partial charge in [-0.25, -0.2) is 4.98 Å². The molecule has 0 aromatic carbocycles. The second kappa shape index (κ2) is 5.91. The Morgan fingerprint density at radius 1 is 1.26 bits per heavy atom. The molecule has 1 aliphatic rings. The Labute approximate surface area is 117 Å². The fourth-order valence-electron chi connectivity index (χ4n) is 2.84. The summed E-state index contributed by atoms with van der Waals surface area (Å²) in [6, 6.07) is 5.01. The summed E-state index contributed by atoms with van der Waals surface area (Å²) in [7, 11) is 0. The molecule has 0 amide bonds. The molecule has 0 atom stereocenters. The fraction of sp³-hybridized carbons (Fsp3) is 0.688. The van der Waals surface area contributed by atoms with Crippen LogP contribution in [0.25, 0.3) is 0 Å². The highest BCUT2D eigenvalue weighted by Crippen LogP contribution is 2.28. The third kappa shape index (κ3) is 3.47. The molecular formula is C16H27N3. The zero-order chi connectivity index (χ0) is 13.9. The van der Waals surface area contributed by atoms with Crippen molar-refractivity contribution in [1.29, 1.82) is 0 Å². The number of aromatic nitrogens is 1. The molecule has 3 nitrogen and oxygen atoms in total. The van der Waals surface area contributed by atoms with Crippen LogP contribution >= 0.6 is 0 Å². The number of hydrogen-bond donors (Lipinski definition) is 1. The molecule has 3 heteroatoms. The van der Waals surface area contributed by atoms with Crippen LogP contribution in [0.4, 0.5) is 5.82 Å². The lowest BCUT2D eigenvalue weighted by Gasteiger charge is -2.30. The van der Waals surface area contributed by atoms with Crippen molar-refractivity contribution in [3.05, 3.63) is 23.9 Å². The topological polar surface area (TPSA) is 42.1 Å². The van der Waals surface area contributed by atoms with Crippen molar-refractivity contribution in [2.75, 3.05) is 18.0 Å². The van der Waals surface area contributed by atoms with Crippen LogP contribution in [0.15, 0.2) is 18.3 Å². The Hall–Kier alpha value is -1.09. The lowest BCUT2D eigenvalue weighted by atomic mass is 9.88. The van der Waals surface area contributed by atoms with Crippen LogP contribution in [-0.2, 0) is 5.41 Å². The molecule has 1 aliphatic carbocycles. The van der Waals surface area contributed by atoms with Gasteiger partial charge in [-0.2, -0.15) is 0 Å². The minimum atomic E-state index is 0.164. The highest BCUT2D eigenvalue weighted by Gasteiger charge is 2.23. The molecule has 0 bridgehead atoms. The number of nitrogens with zero attached hydrogens (tertiary/aromatic N) is 2. The van der Waals surface area contributed by atoms with E-state index in [1.807, 2.05) is 6.20 Å². The zero-order valence-electron chi connectivity index (χ0n) is 12.5. The van der Waals surface area contributed by atoms with Crippen molar-refractivity contribution in [3.8, 4) is 0 Å². The minimum absolute atomic E-state index is 0.164. The minimum Gasteiger partial charge on any atom is -0.352 e. The summed E-state index contributed by atoms with van der Waals surface area (Å²) in [4.78, 5) is 7.08. The summed E-state index contributed by atoms with van der Waals surface area (Å²) in [5.41, 5.74) is 7.22.